The van der Waals surface area contributed by atoms with Crippen LogP contribution >= 0.6 is 0 Å². The second kappa shape index (κ2) is 17.3. The molecule has 0 atom stereocenters. The Labute approximate surface area is 381 Å². The van der Waals surface area contributed by atoms with Crippen LogP contribution < -0.4 is 0 Å². The minimum Gasteiger partial charge on any atom is -0.281 e. The van der Waals surface area contributed by atoms with E-state index in [4.69, 9.17) is 4.55 Å². The third-order valence-corrected chi connectivity index (χ3v) is 10.2. The van der Waals surface area contributed by atoms with Crippen molar-refractivity contribution in [2.45, 2.75) is 142 Å². The van der Waals surface area contributed by atoms with Crippen LogP contribution in [0.25, 0.3) is 0 Å². The Hall–Kier alpha value is -3.52. The summed E-state index contributed by atoms with van der Waals surface area (Å²) < 4.78 is 699. The van der Waals surface area contributed by atoms with Crippen LogP contribution in [0.15, 0.2) is 0 Å². The molecule has 0 amide bonds. The number of rotatable bonds is 23. The fraction of sp³-hybridized carbons (Fsp3) is 1.00. The van der Waals surface area contributed by atoms with Gasteiger partial charge in [0.2, 0.25) is 0 Å². The van der Waals surface area contributed by atoms with Crippen molar-refractivity contribution in [2.75, 3.05) is 0 Å². The van der Waals surface area contributed by atoms with Crippen molar-refractivity contribution in [1.29, 1.82) is 0 Å². The molecule has 0 unspecified atom stereocenters. The van der Waals surface area contributed by atoms with Crippen LogP contribution in [0.4, 0.5) is 215 Å². The van der Waals surface area contributed by atoms with Gasteiger partial charge in [-0.25, -0.2) is 0 Å². The molecule has 0 spiro atoms. The zero-order valence-corrected chi connectivity index (χ0v) is 33.0. The van der Waals surface area contributed by atoms with Gasteiger partial charge in [-0.15, -0.1) is 0 Å². The van der Waals surface area contributed by atoms with E-state index in [0.717, 1.165) is 0 Å². The Balaban J connectivity index is 8.24. The van der Waals surface area contributed by atoms with E-state index in [1.165, 1.54) is 0 Å². The van der Waals surface area contributed by atoms with Crippen LogP contribution in [0.2, 0.25) is 0 Å². The molecule has 0 aliphatic heterocycles. The molecule has 53 heteroatoms. The molecule has 0 aromatic carbocycles. The second-order valence-corrected chi connectivity index (χ2v) is 15.6. The Kier molecular flexibility index (Phi) is 16.5. The number of halogens is 49. The summed E-state index contributed by atoms with van der Waals surface area (Å²) in [4.78, 5) is 0. The summed E-state index contributed by atoms with van der Waals surface area (Å²) in [5, 5.41) is -8.66. The van der Waals surface area contributed by atoms with E-state index < -0.39 is 152 Å². The highest BCUT2D eigenvalue weighted by atomic mass is 32.2. The van der Waals surface area contributed by atoms with Crippen molar-refractivity contribution < 1.29 is 228 Å². The lowest BCUT2D eigenvalue weighted by Gasteiger charge is -2.47. The normalized spacial score (nSPS) is 17.6. The average molecular weight is 1300 g/mol. The molecule has 464 valence electrons. The van der Waals surface area contributed by atoms with Crippen molar-refractivity contribution >= 4 is 10.1 Å². The minimum absolute atomic E-state index is 7.75. The van der Waals surface area contributed by atoms with Crippen LogP contribution in [0.5, 0.6) is 0 Å². The summed E-state index contributed by atoms with van der Waals surface area (Å²) in [7, 11) is -8.67. The molecular formula is C24HF49O3S. The van der Waals surface area contributed by atoms with Crippen molar-refractivity contribution in [1.82, 2.24) is 0 Å². The molecule has 0 radical (unpaired) electrons. The molecule has 0 saturated heterocycles. The lowest BCUT2D eigenvalue weighted by molar-refractivity contribution is -0.498. The molecule has 0 aliphatic carbocycles. The summed E-state index contributed by atoms with van der Waals surface area (Å²) in [5.41, 5.74) is 0. The second-order valence-electron chi connectivity index (χ2n) is 14.1. The fourth-order valence-corrected chi connectivity index (χ4v) is 4.92. The first-order chi connectivity index (χ1) is 32.0. The third kappa shape index (κ3) is 7.97. The zero-order valence-electron chi connectivity index (χ0n) is 32.2. The maximum absolute atomic E-state index is 14.1. The van der Waals surface area contributed by atoms with E-state index in [1.807, 2.05) is 0 Å². The van der Waals surface area contributed by atoms with Gasteiger partial charge < -0.3 is 0 Å². The zero-order chi connectivity index (χ0) is 64.5. The summed E-state index contributed by atoms with van der Waals surface area (Å²) >= 11 is 0. The minimum atomic E-state index is -11.0. The number of alkyl halides is 49. The molecule has 3 nitrogen and oxygen atoms in total. The quantitative estimate of drug-likeness (QED) is 0.0819. The Morgan fingerprint density at radius 1 is 0.156 bits per heavy atom. The number of hydrogen-bond acceptors (Lipinski definition) is 2. The fourth-order valence-electron chi connectivity index (χ4n) is 4.47. The van der Waals surface area contributed by atoms with Gasteiger partial charge in [0.25, 0.3) is 0 Å². The van der Waals surface area contributed by atoms with Gasteiger partial charge in [0.05, 0.1) is 0 Å². The summed E-state index contributed by atoms with van der Waals surface area (Å²) in [5.74, 6) is -231. The van der Waals surface area contributed by atoms with Gasteiger partial charge in [0, 0.05) is 0 Å². The Morgan fingerprint density at radius 3 is 0.312 bits per heavy atom. The van der Waals surface area contributed by atoms with Crippen molar-refractivity contribution in [2.24, 2.45) is 0 Å². The molecule has 0 saturated carbocycles. The van der Waals surface area contributed by atoms with E-state index in [2.05, 4.69) is 0 Å². The van der Waals surface area contributed by atoms with Crippen molar-refractivity contribution in [3.05, 3.63) is 0 Å². The topological polar surface area (TPSA) is 54.4 Å². The summed E-state index contributed by atoms with van der Waals surface area (Å²) in [6.07, 6.45) is -8.64. The molecule has 0 bridgehead atoms. The van der Waals surface area contributed by atoms with Gasteiger partial charge in [-0.05, 0) is 0 Å². The SMILES string of the molecule is O=S(=O)(O)C(F)(F)C(F)(F)C(F)(F)C(F)(F)C(F)(F)C(F)(F)C(F)(F)C(F)(F)C(F)(F)C(F)(F)C(F)(F)C(F)(F)C(F)(F)C(F)(F)C(F)(F)C(F)(F)C(F)(F)C(F)(F)C(F)(F)C(F)(F)C(F)(F)C(F)(F)C(F)(F)C(F)(F)F. The van der Waals surface area contributed by atoms with E-state index in [1.54, 1.807) is 0 Å². The van der Waals surface area contributed by atoms with E-state index in [0.29, 0.717) is 0 Å². The number of hydrogen-bond donors (Lipinski definition) is 1. The maximum Gasteiger partial charge on any atom is 0.460 e. The molecule has 77 heavy (non-hydrogen) atoms. The largest absolute Gasteiger partial charge is 0.460 e. The van der Waals surface area contributed by atoms with Crippen LogP contribution in [0, 0.1) is 0 Å². The predicted octanol–water partition coefficient (Wildman–Crippen LogP) is 15.0. The van der Waals surface area contributed by atoms with Gasteiger partial charge in [0.15, 0.2) is 0 Å². The Morgan fingerprint density at radius 2 is 0.234 bits per heavy atom. The average Bonchev–Trinajstić information content (AvgIpc) is 3.18. The highest BCUT2D eigenvalue weighted by molar-refractivity contribution is 7.87. The maximum atomic E-state index is 14.1. The monoisotopic (exact) mass is 1300 g/mol. The Bertz CT molecular complexity index is 2290. The molecule has 0 aliphatic rings. The summed E-state index contributed by atoms with van der Waals surface area (Å²) in [6, 6.07) is 0. The molecule has 0 aromatic heterocycles. The predicted molar refractivity (Wildman–Crippen MR) is 131 cm³/mol. The first-order valence-corrected chi connectivity index (χ1v) is 17.2. The highest BCUT2D eigenvalue weighted by Crippen LogP contribution is 2.72. The van der Waals surface area contributed by atoms with Crippen LogP contribution in [0.1, 0.15) is 0 Å². The van der Waals surface area contributed by atoms with Gasteiger partial charge in [-0.3, -0.25) is 4.55 Å². The third-order valence-electron chi connectivity index (χ3n) is 9.33. The molecule has 0 aromatic rings. The highest BCUT2D eigenvalue weighted by Gasteiger charge is 3.04. The lowest BCUT2D eigenvalue weighted by atomic mass is 9.81. The first kappa shape index (κ1) is 73.5. The standard InChI is InChI=1S/C24HF49O3S/c25-1(26,3(29,30)5(33,34)7(37,38)9(41,42)11(45,46)13(49,50)15(53,54)17(57,58)19(61,62)21(65,66)23(69,70)71)2(27,28)4(31,32)6(35,36)8(39,40)10(43,44)12(47,48)14(51,52)16(55,56)18(59,60)20(63,64)22(67,68)24(72,73)77(74,75)76/h(H,74,75,76). The van der Waals surface area contributed by atoms with Crippen molar-refractivity contribution in [3.8, 4) is 0 Å². The molecule has 0 fully saturated rings. The van der Waals surface area contributed by atoms with E-state index in [-0.39, 0.29) is 0 Å². The van der Waals surface area contributed by atoms with Crippen LogP contribution in [-0.4, -0.2) is 155 Å². The van der Waals surface area contributed by atoms with Gasteiger partial charge >= 0.3 is 152 Å². The molecular weight excluding hydrogens is 1300 g/mol. The van der Waals surface area contributed by atoms with Crippen molar-refractivity contribution in [3.63, 3.8) is 0 Å². The summed E-state index contributed by atoms with van der Waals surface area (Å²) in [6.45, 7) is 0. The van der Waals surface area contributed by atoms with Gasteiger partial charge in [-0.1, -0.05) is 0 Å². The molecule has 0 heterocycles. The van der Waals surface area contributed by atoms with Crippen LogP contribution in [-0.2, 0) is 10.1 Å². The van der Waals surface area contributed by atoms with E-state index >= 15 is 0 Å². The van der Waals surface area contributed by atoms with E-state index in [9.17, 15) is 224 Å². The lowest BCUT2D eigenvalue weighted by Crippen LogP contribution is -2.81. The molecule has 1 N–H and O–H groups in total. The first-order valence-electron chi connectivity index (χ1n) is 15.7. The van der Waals surface area contributed by atoms with Gasteiger partial charge in [0.1, 0.15) is 0 Å². The van der Waals surface area contributed by atoms with Gasteiger partial charge in [-0.2, -0.15) is 224 Å². The molecule has 0 rings (SSSR count). The smallest absolute Gasteiger partial charge is 0.281 e. The van der Waals surface area contributed by atoms with Crippen LogP contribution in [0.3, 0.4) is 0 Å².